The van der Waals surface area contributed by atoms with Gasteiger partial charge in [0, 0.05) is 48.7 Å². The minimum atomic E-state index is -0.750. The summed E-state index contributed by atoms with van der Waals surface area (Å²) in [5.41, 5.74) is 1.25. The van der Waals surface area contributed by atoms with Crippen molar-refractivity contribution in [2.75, 3.05) is 14.2 Å². The zero-order valence-electron chi connectivity index (χ0n) is 16.3. The number of carbonyl (C=O) groups excluding carboxylic acids is 2. The van der Waals surface area contributed by atoms with Gasteiger partial charge in [-0.25, -0.2) is 4.79 Å². The molecule has 0 unspecified atom stereocenters. The van der Waals surface area contributed by atoms with E-state index in [1.165, 1.54) is 18.1 Å². The lowest BCUT2D eigenvalue weighted by Crippen LogP contribution is -2.27. The monoisotopic (exact) mass is 396 g/mol. The molecular formula is C21H20N2O6. The molecule has 0 radical (unpaired) electrons. The van der Waals surface area contributed by atoms with E-state index in [-0.39, 0.29) is 23.4 Å². The first kappa shape index (κ1) is 20.1. The van der Waals surface area contributed by atoms with E-state index in [1.807, 2.05) is 31.2 Å². The van der Waals surface area contributed by atoms with Crippen molar-refractivity contribution in [3.63, 3.8) is 0 Å². The molecule has 8 heteroatoms. The molecule has 150 valence electrons. The second kappa shape index (κ2) is 8.14. The van der Waals surface area contributed by atoms with Gasteiger partial charge in [0.1, 0.15) is 11.3 Å². The van der Waals surface area contributed by atoms with Gasteiger partial charge in [-0.2, -0.15) is 0 Å². The Bertz CT molecular complexity index is 1100. The second-order valence-electron chi connectivity index (χ2n) is 6.53. The summed E-state index contributed by atoms with van der Waals surface area (Å²) in [6.07, 6.45) is 0.662. The van der Waals surface area contributed by atoms with Gasteiger partial charge in [-0.05, 0) is 12.1 Å². The molecule has 1 heterocycles. The number of fused-ring (bicyclic) bond motifs is 1. The van der Waals surface area contributed by atoms with Gasteiger partial charge in [0.05, 0.1) is 17.6 Å². The van der Waals surface area contributed by atoms with Crippen molar-refractivity contribution >= 4 is 28.5 Å². The summed E-state index contributed by atoms with van der Waals surface area (Å²) in [7, 11) is 2.77. The van der Waals surface area contributed by atoms with Gasteiger partial charge in [-0.15, -0.1) is 0 Å². The number of carbonyl (C=O) groups is 2. The molecule has 3 rings (SSSR count). The van der Waals surface area contributed by atoms with Gasteiger partial charge in [0.25, 0.3) is 11.6 Å². The fourth-order valence-electron chi connectivity index (χ4n) is 3.21. The first-order chi connectivity index (χ1) is 13.8. The van der Waals surface area contributed by atoms with E-state index in [1.54, 1.807) is 7.05 Å². The van der Waals surface area contributed by atoms with E-state index in [2.05, 4.69) is 4.74 Å². The zero-order chi connectivity index (χ0) is 21.1. The van der Waals surface area contributed by atoms with Gasteiger partial charge < -0.3 is 14.1 Å². The number of nitro benzene ring substituents is 1. The SMILES string of the molecule is CCc1oc2ccccc2c1CN(C)C(=O)c1cc(C(=O)OC)cc([N+](=O)[O-])c1. The summed E-state index contributed by atoms with van der Waals surface area (Å²) in [5.74, 6) is -0.425. The van der Waals surface area contributed by atoms with Gasteiger partial charge in [0.2, 0.25) is 0 Å². The highest BCUT2D eigenvalue weighted by Crippen LogP contribution is 2.28. The van der Waals surface area contributed by atoms with Gasteiger partial charge in [-0.1, -0.05) is 25.1 Å². The molecule has 0 saturated carbocycles. The van der Waals surface area contributed by atoms with Crippen molar-refractivity contribution in [3.8, 4) is 0 Å². The molecule has 0 bridgehead atoms. The number of para-hydroxylation sites is 1. The Labute approximate surface area is 166 Å². The van der Waals surface area contributed by atoms with Gasteiger partial charge >= 0.3 is 5.97 Å². The molecule has 0 fully saturated rings. The van der Waals surface area contributed by atoms with E-state index in [0.29, 0.717) is 6.42 Å². The Morgan fingerprint density at radius 2 is 1.86 bits per heavy atom. The fourth-order valence-corrected chi connectivity index (χ4v) is 3.21. The molecule has 1 aromatic heterocycles. The van der Waals surface area contributed by atoms with Crippen LogP contribution >= 0.6 is 0 Å². The standard InChI is InChI=1S/C21H20N2O6/c1-4-18-17(16-7-5-6-8-19(16)29-18)12-22(2)20(24)13-9-14(21(25)28-3)11-15(10-13)23(26)27/h5-11H,4,12H2,1-3H3. The number of benzene rings is 2. The van der Waals surface area contributed by atoms with Crippen molar-refractivity contribution in [2.45, 2.75) is 19.9 Å². The minimum Gasteiger partial charge on any atom is -0.465 e. The van der Waals surface area contributed by atoms with E-state index < -0.39 is 16.8 Å². The summed E-state index contributed by atoms with van der Waals surface area (Å²) in [6, 6.07) is 11.1. The number of ether oxygens (including phenoxy) is 1. The third-order valence-electron chi connectivity index (χ3n) is 4.64. The normalized spacial score (nSPS) is 10.7. The number of hydrogen-bond acceptors (Lipinski definition) is 6. The van der Waals surface area contributed by atoms with E-state index in [9.17, 15) is 19.7 Å². The molecular weight excluding hydrogens is 376 g/mol. The topological polar surface area (TPSA) is 103 Å². The molecule has 0 atom stereocenters. The van der Waals surface area contributed by atoms with Crippen molar-refractivity contribution in [3.05, 3.63) is 75.0 Å². The highest BCUT2D eigenvalue weighted by molar-refractivity contribution is 5.99. The predicted molar refractivity (Wildman–Crippen MR) is 106 cm³/mol. The zero-order valence-corrected chi connectivity index (χ0v) is 16.3. The number of nitrogens with zero attached hydrogens (tertiary/aromatic N) is 2. The highest BCUT2D eigenvalue weighted by atomic mass is 16.6. The number of furan rings is 1. The summed E-state index contributed by atoms with van der Waals surface area (Å²) < 4.78 is 10.5. The van der Waals surface area contributed by atoms with Crippen LogP contribution < -0.4 is 0 Å². The Morgan fingerprint density at radius 1 is 1.17 bits per heavy atom. The Balaban J connectivity index is 1.96. The number of methoxy groups -OCH3 is 1. The first-order valence-corrected chi connectivity index (χ1v) is 8.98. The summed E-state index contributed by atoms with van der Waals surface area (Å²) in [4.78, 5) is 36.8. The number of hydrogen-bond donors (Lipinski definition) is 0. The third kappa shape index (κ3) is 3.96. The van der Waals surface area contributed by atoms with Crippen molar-refractivity contribution in [1.29, 1.82) is 0 Å². The van der Waals surface area contributed by atoms with Gasteiger partial charge in [0.15, 0.2) is 0 Å². The van der Waals surface area contributed by atoms with Crippen LogP contribution in [0, 0.1) is 10.1 Å². The second-order valence-corrected chi connectivity index (χ2v) is 6.53. The molecule has 3 aromatic rings. The van der Waals surface area contributed by atoms with Crippen LogP contribution in [0.3, 0.4) is 0 Å². The Kier molecular flexibility index (Phi) is 5.63. The molecule has 1 amide bonds. The lowest BCUT2D eigenvalue weighted by atomic mass is 10.1. The minimum absolute atomic E-state index is 0.0351. The molecule has 0 aliphatic heterocycles. The van der Waals surface area contributed by atoms with Gasteiger partial charge in [-0.3, -0.25) is 14.9 Å². The molecule has 0 aliphatic carbocycles. The Hall–Kier alpha value is -3.68. The lowest BCUT2D eigenvalue weighted by Gasteiger charge is -2.18. The molecule has 0 N–H and O–H groups in total. The maximum absolute atomic E-state index is 13.0. The van der Waals surface area contributed by atoms with Crippen molar-refractivity contribution < 1.29 is 23.7 Å². The summed E-state index contributed by atoms with van der Waals surface area (Å²) >= 11 is 0. The molecule has 0 spiro atoms. The van der Waals surface area contributed by atoms with Crippen LogP contribution in [0.15, 0.2) is 46.9 Å². The number of esters is 1. The van der Waals surface area contributed by atoms with Crippen LogP contribution in [0.4, 0.5) is 5.69 Å². The van der Waals surface area contributed by atoms with Crippen LogP contribution in [0.1, 0.15) is 39.0 Å². The van der Waals surface area contributed by atoms with Crippen LogP contribution in [0.5, 0.6) is 0 Å². The number of nitro groups is 1. The van der Waals surface area contributed by atoms with E-state index in [0.717, 1.165) is 34.4 Å². The van der Waals surface area contributed by atoms with Crippen LogP contribution in [0.2, 0.25) is 0 Å². The average Bonchev–Trinajstić information content (AvgIpc) is 3.09. The lowest BCUT2D eigenvalue weighted by molar-refractivity contribution is -0.384. The fraction of sp³-hybridized carbons (Fsp3) is 0.238. The largest absolute Gasteiger partial charge is 0.465 e. The molecule has 2 aromatic carbocycles. The number of aryl methyl sites for hydroxylation is 1. The predicted octanol–water partition coefficient (Wildman–Crippen LogP) is 3.96. The number of non-ortho nitro benzene ring substituents is 1. The maximum atomic E-state index is 13.0. The molecule has 0 saturated heterocycles. The highest BCUT2D eigenvalue weighted by Gasteiger charge is 2.22. The van der Waals surface area contributed by atoms with Crippen molar-refractivity contribution in [1.82, 2.24) is 4.90 Å². The summed E-state index contributed by atoms with van der Waals surface area (Å²) in [5, 5.41) is 12.1. The molecule has 29 heavy (non-hydrogen) atoms. The average molecular weight is 396 g/mol. The summed E-state index contributed by atoms with van der Waals surface area (Å²) in [6.45, 7) is 2.22. The third-order valence-corrected chi connectivity index (χ3v) is 4.64. The molecule has 0 aliphatic rings. The first-order valence-electron chi connectivity index (χ1n) is 8.98. The number of rotatable bonds is 6. The quantitative estimate of drug-likeness (QED) is 0.355. The van der Waals surface area contributed by atoms with Crippen LogP contribution in [-0.4, -0.2) is 35.9 Å². The van der Waals surface area contributed by atoms with Crippen LogP contribution in [0.25, 0.3) is 11.0 Å². The van der Waals surface area contributed by atoms with E-state index >= 15 is 0 Å². The number of amides is 1. The van der Waals surface area contributed by atoms with Crippen LogP contribution in [-0.2, 0) is 17.7 Å². The van der Waals surface area contributed by atoms with E-state index in [4.69, 9.17) is 4.42 Å². The Morgan fingerprint density at radius 3 is 2.52 bits per heavy atom. The van der Waals surface area contributed by atoms with Crippen molar-refractivity contribution in [2.24, 2.45) is 0 Å². The molecule has 8 nitrogen and oxygen atoms in total. The maximum Gasteiger partial charge on any atom is 0.338 e. The smallest absolute Gasteiger partial charge is 0.338 e.